The lowest BCUT2D eigenvalue weighted by molar-refractivity contribution is -0.117. The minimum absolute atomic E-state index is 0.0123. The number of nitriles is 1. The van der Waals surface area contributed by atoms with Gasteiger partial charge in [-0.2, -0.15) is 5.26 Å². The fraction of sp³-hybridized carbons (Fsp3) is 0.211. The molecule has 1 unspecified atom stereocenters. The molecule has 6 heteroatoms. The molecule has 2 aromatic rings. The van der Waals surface area contributed by atoms with Crippen molar-refractivity contribution in [2.75, 3.05) is 5.32 Å². The minimum atomic E-state index is -0.431. The predicted octanol–water partition coefficient (Wildman–Crippen LogP) is 4.10. The summed E-state index contributed by atoms with van der Waals surface area (Å²) >= 11 is 3.30. The Kier molecular flexibility index (Phi) is 6.72. The third kappa shape index (κ3) is 5.44. The average molecular weight is 399 g/mol. The maximum absolute atomic E-state index is 12.3. The summed E-state index contributed by atoms with van der Waals surface area (Å²) in [4.78, 5) is 16.4. The van der Waals surface area contributed by atoms with Gasteiger partial charge in [-0.05, 0) is 52.5 Å². The average Bonchev–Trinajstić information content (AvgIpc) is 2.63. The van der Waals surface area contributed by atoms with Gasteiger partial charge in [-0.15, -0.1) is 0 Å². The Morgan fingerprint density at radius 1 is 1.32 bits per heavy atom. The van der Waals surface area contributed by atoms with Gasteiger partial charge in [-0.3, -0.25) is 4.79 Å². The van der Waals surface area contributed by atoms with E-state index in [2.05, 4.69) is 38.5 Å². The van der Waals surface area contributed by atoms with Gasteiger partial charge < -0.3 is 10.6 Å². The van der Waals surface area contributed by atoms with Crippen LogP contribution in [0.15, 0.2) is 58.8 Å². The fourth-order valence-corrected chi connectivity index (χ4v) is 2.39. The summed E-state index contributed by atoms with van der Waals surface area (Å²) in [6.45, 7) is 3.98. The summed E-state index contributed by atoms with van der Waals surface area (Å²) in [5.41, 5.74) is 2.22. The summed E-state index contributed by atoms with van der Waals surface area (Å²) in [5, 5.41) is 14.9. The van der Waals surface area contributed by atoms with Crippen LogP contribution in [0.2, 0.25) is 0 Å². The first-order valence-corrected chi connectivity index (χ1v) is 8.70. The monoisotopic (exact) mass is 398 g/mol. The van der Waals surface area contributed by atoms with Gasteiger partial charge in [0.2, 0.25) is 0 Å². The Morgan fingerprint density at radius 3 is 2.60 bits per heavy atom. The Labute approximate surface area is 155 Å². The number of hydrogen-bond donors (Lipinski definition) is 2. The number of halogens is 1. The molecule has 2 N–H and O–H groups in total. The van der Waals surface area contributed by atoms with Crippen LogP contribution in [0.25, 0.3) is 0 Å². The zero-order valence-electron chi connectivity index (χ0n) is 14.1. The molecule has 0 aliphatic carbocycles. The second kappa shape index (κ2) is 9.00. The van der Waals surface area contributed by atoms with Crippen molar-refractivity contribution < 1.29 is 4.79 Å². The van der Waals surface area contributed by atoms with Crippen LogP contribution in [0.4, 0.5) is 5.82 Å². The van der Waals surface area contributed by atoms with Gasteiger partial charge in [0.1, 0.15) is 17.5 Å². The van der Waals surface area contributed by atoms with Crippen LogP contribution in [0, 0.1) is 11.3 Å². The van der Waals surface area contributed by atoms with Crippen molar-refractivity contribution in [2.24, 2.45) is 0 Å². The van der Waals surface area contributed by atoms with Crippen molar-refractivity contribution in [1.29, 1.82) is 5.26 Å². The standard InChI is InChI=1S/C19H19BrN4O/c1-3-14-4-6-15(7-5-14)13(2)24-19(25)16(10-21)11-22-18-9-8-17(20)12-23-18/h4-9,11-13H,3H2,1-2H3,(H,22,23)(H,24,25)/b16-11-. The molecule has 1 atom stereocenters. The molecule has 5 nitrogen and oxygen atoms in total. The van der Waals surface area contributed by atoms with E-state index in [0.717, 1.165) is 16.5 Å². The lowest BCUT2D eigenvalue weighted by atomic mass is 10.0. The zero-order chi connectivity index (χ0) is 18.2. The molecule has 128 valence electrons. The van der Waals surface area contributed by atoms with Crippen LogP contribution in [-0.4, -0.2) is 10.9 Å². The van der Waals surface area contributed by atoms with Crippen LogP contribution in [0.1, 0.15) is 31.0 Å². The maximum Gasteiger partial charge on any atom is 0.263 e. The number of carbonyl (C=O) groups excluding carboxylic acids is 1. The molecule has 0 spiro atoms. The summed E-state index contributed by atoms with van der Waals surface area (Å²) in [7, 11) is 0. The summed E-state index contributed by atoms with van der Waals surface area (Å²) in [5.74, 6) is 0.117. The van der Waals surface area contributed by atoms with E-state index in [1.807, 2.05) is 43.3 Å². The molecular weight excluding hydrogens is 380 g/mol. The highest BCUT2D eigenvalue weighted by molar-refractivity contribution is 9.10. The normalized spacial score (nSPS) is 12.2. The first kappa shape index (κ1) is 18.7. The highest BCUT2D eigenvalue weighted by Crippen LogP contribution is 2.15. The molecule has 0 aliphatic heterocycles. The Balaban J connectivity index is 2.01. The molecule has 0 bridgehead atoms. The van der Waals surface area contributed by atoms with E-state index in [1.54, 1.807) is 12.3 Å². The van der Waals surface area contributed by atoms with Gasteiger partial charge in [0, 0.05) is 16.9 Å². The minimum Gasteiger partial charge on any atom is -0.345 e. The van der Waals surface area contributed by atoms with Gasteiger partial charge in [-0.1, -0.05) is 31.2 Å². The van der Waals surface area contributed by atoms with E-state index in [9.17, 15) is 10.1 Å². The van der Waals surface area contributed by atoms with E-state index in [0.29, 0.717) is 5.82 Å². The van der Waals surface area contributed by atoms with Gasteiger partial charge in [0.05, 0.1) is 6.04 Å². The van der Waals surface area contributed by atoms with E-state index in [1.165, 1.54) is 11.8 Å². The highest BCUT2D eigenvalue weighted by atomic mass is 79.9. The molecule has 1 aromatic carbocycles. The highest BCUT2D eigenvalue weighted by Gasteiger charge is 2.13. The summed E-state index contributed by atoms with van der Waals surface area (Å²) < 4.78 is 0.850. The van der Waals surface area contributed by atoms with Crippen molar-refractivity contribution in [2.45, 2.75) is 26.3 Å². The number of nitrogens with zero attached hydrogens (tertiary/aromatic N) is 2. The van der Waals surface area contributed by atoms with Crippen LogP contribution >= 0.6 is 15.9 Å². The van der Waals surface area contributed by atoms with Crippen molar-refractivity contribution in [3.8, 4) is 6.07 Å². The van der Waals surface area contributed by atoms with Crippen LogP contribution in [0.5, 0.6) is 0 Å². The number of pyridine rings is 1. The Bertz CT molecular complexity index is 792. The molecule has 1 heterocycles. The molecule has 0 radical (unpaired) electrons. The second-order valence-corrected chi connectivity index (χ2v) is 6.38. The zero-order valence-corrected chi connectivity index (χ0v) is 15.7. The lowest BCUT2D eigenvalue weighted by Gasteiger charge is -2.14. The third-order valence-corrected chi connectivity index (χ3v) is 4.16. The second-order valence-electron chi connectivity index (χ2n) is 5.47. The first-order valence-electron chi connectivity index (χ1n) is 7.91. The number of hydrogen-bond acceptors (Lipinski definition) is 4. The fourth-order valence-electron chi connectivity index (χ4n) is 2.16. The number of amides is 1. The smallest absolute Gasteiger partial charge is 0.263 e. The van der Waals surface area contributed by atoms with E-state index in [-0.39, 0.29) is 11.6 Å². The molecule has 25 heavy (non-hydrogen) atoms. The molecule has 0 fully saturated rings. The number of aryl methyl sites for hydroxylation is 1. The van der Waals surface area contributed by atoms with Crippen molar-refractivity contribution in [1.82, 2.24) is 10.3 Å². The van der Waals surface area contributed by atoms with Crippen LogP contribution in [-0.2, 0) is 11.2 Å². The summed E-state index contributed by atoms with van der Waals surface area (Å²) in [6.07, 6.45) is 3.96. The number of anilines is 1. The molecule has 1 amide bonds. The van der Waals surface area contributed by atoms with Crippen molar-refractivity contribution in [3.63, 3.8) is 0 Å². The molecule has 0 saturated carbocycles. The third-order valence-electron chi connectivity index (χ3n) is 3.69. The molecule has 0 aliphatic rings. The first-order chi connectivity index (χ1) is 12.0. The molecular formula is C19H19BrN4O. The number of nitrogens with one attached hydrogen (secondary N) is 2. The Hall–Kier alpha value is -2.65. The molecule has 0 saturated heterocycles. The Morgan fingerprint density at radius 2 is 2.04 bits per heavy atom. The van der Waals surface area contributed by atoms with Crippen molar-refractivity contribution in [3.05, 3.63) is 70.0 Å². The maximum atomic E-state index is 12.3. The van der Waals surface area contributed by atoms with Crippen molar-refractivity contribution >= 4 is 27.7 Å². The molecule has 2 rings (SSSR count). The van der Waals surface area contributed by atoms with E-state index < -0.39 is 5.91 Å². The van der Waals surface area contributed by atoms with Gasteiger partial charge in [0.25, 0.3) is 5.91 Å². The largest absolute Gasteiger partial charge is 0.345 e. The van der Waals surface area contributed by atoms with Gasteiger partial charge in [-0.25, -0.2) is 4.98 Å². The van der Waals surface area contributed by atoms with Crippen LogP contribution < -0.4 is 10.6 Å². The van der Waals surface area contributed by atoms with Gasteiger partial charge >= 0.3 is 0 Å². The number of rotatable bonds is 6. The molecule has 1 aromatic heterocycles. The van der Waals surface area contributed by atoms with Gasteiger partial charge in [0.15, 0.2) is 0 Å². The number of benzene rings is 1. The topological polar surface area (TPSA) is 77.8 Å². The summed E-state index contributed by atoms with van der Waals surface area (Å²) in [6, 6.07) is 13.3. The lowest BCUT2D eigenvalue weighted by Crippen LogP contribution is -2.28. The quantitative estimate of drug-likeness (QED) is 0.566. The number of aromatic nitrogens is 1. The number of carbonyl (C=O) groups is 1. The van der Waals surface area contributed by atoms with E-state index >= 15 is 0 Å². The SMILES string of the molecule is CCc1ccc(C(C)NC(=O)/C(C#N)=C\Nc2ccc(Br)cn2)cc1. The predicted molar refractivity (Wildman–Crippen MR) is 102 cm³/mol. The van der Waals surface area contributed by atoms with E-state index in [4.69, 9.17) is 0 Å². The van der Waals surface area contributed by atoms with Crippen LogP contribution in [0.3, 0.4) is 0 Å².